The van der Waals surface area contributed by atoms with Gasteiger partial charge in [-0.25, -0.2) is 9.97 Å². The normalized spacial score (nSPS) is 10.5. The van der Waals surface area contributed by atoms with Crippen molar-refractivity contribution < 1.29 is 4.42 Å². The molecule has 0 bridgehead atoms. The first-order valence-corrected chi connectivity index (χ1v) is 5.81. The Balaban J connectivity index is 2.33. The number of amidine groups is 1. The fourth-order valence-electron chi connectivity index (χ4n) is 1.25. The van der Waals surface area contributed by atoms with E-state index in [-0.39, 0.29) is 5.84 Å². The molecule has 0 aliphatic rings. The van der Waals surface area contributed by atoms with Crippen LogP contribution >= 0.6 is 11.8 Å². The van der Waals surface area contributed by atoms with E-state index in [0.717, 1.165) is 11.5 Å². The summed E-state index contributed by atoms with van der Waals surface area (Å²) in [6.07, 6.45) is 1.65. The highest BCUT2D eigenvalue weighted by molar-refractivity contribution is 7.99. The van der Waals surface area contributed by atoms with Gasteiger partial charge in [0.1, 0.15) is 16.6 Å². The van der Waals surface area contributed by atoms with Crippen LogP contribution in [0.1, 0.15) is 17.0 Å². The van der Waals surface area contributed by atoms with Gasteiger partial charge in [-0.1, -0.05) is 0 Å². The summed E-state index contributed by atoms with van der Waals surface area (Å²) in [6, 6.07) is 3.49. The third-order valence-electron chi connectivity index (χ3n) is 2.25. The standard InChI is InChI=1S/C11H12N4OS/c1-6-7(2)16-11(15-6)17-10-8(9(12)13)4-3-5-14-10/h3-5H,1-2H3,(H3,12,13). The van der Waals surface area contributed by atoms with Crippen molar-refractivity contribution >= 4 is 17.6 Å². The van der Waals surface area contributed by atoms with Gasteiger partial charge in [-0.05, 0) is 37.7 Å². The second-order valence-corrected chi connectivity index (χ2v) is 4.43. The molecule has 0 aliphatic carbocycles. The lowest BCUT2D eigenvalue weighted by atomic mass is 10.3. The SMILES string of the molecule is Cc1nc(Sc2ncccc2C(=N)N)oc1C. The quantitative estimate of drug-likeness (QED) is 0.641. The molecule has 0 aromatic carbocycles. The van der Waals surface area contributed by atoms with E-state index >= 15 is 0 Å². The van der Waals surface area contributed by atoms with E-state index in [4.69, 9.17) is 15.6 Å². The molecule has 2 aromatic rings. The Bertz CT molecular complexity index is 545. The van der Waals surface area contributed by atoms with Gasteiger partial charge < -0.3 is 10.2 Å². The predicted octanol–water partition coefficient (Wildman–Crippen LogP) is 2.12. The number of aryl methyl sites for hydroxylation is 2. The average molecular weight is 248 g/mol. The molecule has 2 rings (SSSR count). The molecule has 88 valence electrons. The molecule has 2 heterocycles. The number of nitrogens with zero attached hydrogens (tertiary/aromatic N) is 2. The molecule has 0 aliphatic heterocycles. The van der Waals surface area contributed by atoms with Gasteiger partial charge in [0.25, 0.3) is 5.22 Å². The monoisotopic (exact) mass is 248 g/mol. The predicted molar refractivity (Wildman–Crippen MR) is 65.4 cm³/mol. The van der Waals surface area contributed by atoms with E-state index in [1.54, 1.807) is 18.3 Å². The molecule has 0 amide bonds. The lowest BCUT2D eigenvalue weighted by molar-refractivity contribution is 0.431. The van der Waals surface area contributed by atoms with E-state index in [0.29, 0.717) is 15.8 Å². The molecule has 0 saturated heterocycles. The number of rotatable bonds is 3. The van der Waals surface area contributed by atoms with E-state index in [1.165, 1.54) is 11.8 Å². The van der Waals surface area contributed by atoms with Crippen molar-refractivity contribution in [2.45, 2.75) is 24.1 Å². The smallest absolute Gasteiger partial charge is 0.262 e. The van der Waals surface area contributed by atoms with E-state index < -0.39 is 0 Å². The number of hydrogen-bond donors (Lipinski definition) is 2. The first-order chi connectivity index (χ1) is 8.08. The first kappa shape index (κ1) is 11.7. The first-order valence-electron chi connectivity index (χ1n) is 4.99. The molecule has 0 radical (unpaired) electrons. The van der Waals surface area contributed by atoms with Crippen LogP contribution < -0.4 is 5.73 Å². The minimum Gasteiger partial charge on any atom is -0.436 e. The maximum atomic E-state index is 7.46. The molecule has 0 fully saturated rings. The maximum absolute atomic E-state index is 7.46. The minimum atomic E-state index is -0.0133. The summed E-state index contributed by atoms with van der Waals surface area (Å²) in [4.78, 5) is 8.43. The lowest BCUT2D eigenvalue weighted by Gasteiger charge is -2.03. The Morgan fingerprint density at radius 2 is 2.24 bits per heavy atom. The number of oxazole rings is 1. The van der Waals surface area contributed by atoms with Crippen LogP contribution in [-0.4, -0.2) is 15.8 Å². The van der Waals surface area contributed by atoms with E-state index in [9.17, 15) is 0 Å². The van der Waals surface area contributed by atoms with Crippen LogP contribution in [0.15, 0.2) is 33.0 Å². The second kappa shape index (κ2) is 4.58. The molecule has 2 aromatic heterocycles. The number of pyridine rings is 1. The van der Waals surface area contributed by atoms with Gasteiger partial charge in [-0.3, -0.25) is 5.41 Å². The van der Waals surface area contributed by atoms with E-state index in [1.807, 2.05) is 13.8 Å². The molecule has 3 N–H and O–H groups in total. The van der Waals surface area contributed by atoms with Gasteiger partial charge in [-0.15, -0.1) is 0 Å². The molecule has 0 saturated carbocycles. The minimum absolute atomic E-state index is 0.0133. The Labute approximate surface area is 103 Å². The lowest BCUT2D eigenvalue weighted by Crippen LogP contribution is -2.12. The van der Waals surface area contributed by atoms with Crippen LogP contribution in [0.25, 0.3) is 0 Å². The summed E-state index contributed by atoms with van der Waals surface area (Å²) in [5, 5.41) is 8.60. The van der Waals surface area contributed by atoms with Crippen LogP contribution in [0, 0.1) is 19.3 Å². The highest BCUT2D eigenvalue weighted by Gasteiger charge is 2.12. The highest BCUT2D eigenvalue weighted by atomic mass is 32.2. The van der Waals surface area contributed by atoms with Crippen molar-refractivity contribution in [2.75, 3.05) is 0 Å². The number of nitrogen functional groups attached to an aromatic ring is 1. The average Bonchev–Trinajstić information content (AvgIpc) is 2.58. The Morgan fingerprint density at radius 1 is 1.47 bits per heavy atom. The zero-order chi connectivity index (χ0) is 12.4. The molecule has 0 atom stereocenters. The summed E-state index contributed by atoms with van der Waals surface area (Å²) in [5.74, 6) is 0.772. The molecular weight excluding hydrogens is 236 g/mol. The van der Waals surface area contributed by atoms with Crippen LogP contribution in [0.2, 0.25) is 0 Å². The molecule has 0 spiro atoms. The molecule has 6 heteroatoms. The fourth-order valence-corrected chi connectivity index (χ4v) is 2.16. The Hall–Kier alpha value is -1.82. The second-order valence-electron chi connectivity index (χ2n) is 3.49. The van der Waals surface area contributed by atoms with Gasteiger partial charge >= 0.3 is 0 Å². The number of hydrogen-bond acceptors (Lipinski definition) is 5. The topological polar surface area (TPSA) is 88.8 Å². The van der Waals surface area contributed by atoms with Gasteiger partial charge in [-0.2, -0.15) is 0 Å². The Morgan fingerprint density at radius 3 is 2.82 bits per heavy atom. The number of nitrogens with two attached hydrogens (primary N) is 1. The molecule has 17 heavy (non-hydrogen) atoms. The summed E-state index contributed by atoms with van der Waals surface area (Å²) >= 11 is 1.27. The zero-order valence-corrected chi connectivity index (χ0v) is 10.3. The van der Waals surface area contributed by atoms with Crippen LogP contribution in [-0.2, 0) is 0 Å². The molecule has 5 nitrogen and oxygen atoms in total. The highest BCUT2D eigenvalue weighted by Crippen LogP contribution is 2.28. The summed E-state index contributed by atoms with van der Waals surface area (Å²) in [5.41, 5.74) is 6.93. The summed E-state index contributed by atoms with van der Waals surface area (Å²) < 4.78 is 5.45. The zero-order valence-electron chi connectivity index (χ0n) is 9.52. The van der Waals surface area contributed by atoms with Gasteiger partial charge in [0.05, 0.1) is 5.69 Å². The van der Waals surface area contributed by atoms with Crippen LogP contribution in [0.4, 0.5) is 0 Å². The third-order valence-corrected chi connectivity index (χ3v) is 3.12. The van der Waals surface area contributed by atoms with Crippen LogP contribution in [0.3, 0.4) is 0 Å². The molecular formula is C11H12N4OS. The maximum Gasteiger partial charge on any atom is 0.262 e. The van der Waals surface area contributed by atoms with Crippen molar-refractivity contribution in [3.63, 3.8) is 0 Å². The van der Waals surface area contributed by atoms with Crippen molar-refractivity contribution in [1.82, 2.24) is 9.97 Å². The largest absolute Gasteiger partial charge is 0.436 e. The summed E-state index contributed by atoms with van der Waals surface area (Å²) in [6.45, 7) is 3.74. The van der Waals surface area contributed by atoms with Crippen molar-refractivity contribution in [2.24, 2.45) is 5.73 Å². The van der Waals surface area contributed by atoms with Gasteiger partial charge in [0.15, 0.2) is 0 Å². The molecule has 0 unspecified atom stereocenters. The van der Waals surface area contributed by atoms with E-state index in [2.05, 4.69) is 9.97 Å². The van der Waals surface area contributed by atoms with Gasteiger partial charge in [0.2, 0.25) is 0 Å². The van der Waals surface area contributed by atoms with Crippen molar-refractivity contribution in [3.8, 4) is 0 Å². The Kier molecular flexibility index (Phi) is 3.14. The number of aromatic nitrogens is 2. The fraction of sp³-hybridized carbons (Fsp3) is 0.182. The summed E-state index contributed by atoms with van der Waals surface area (Å²) in [7, 11) is 0. The third kappa shape index (κ3) is 2.47. The van der Waals surface area contributed by atoms with Crippen molar-refractivity contribution in [1.29, 1.82) is 5.41 Å². The van der Waals surface area contributed by atoms with Crippen molar-refractivity contribution in [3.05, 3.63) is 35.3 Å². The van der Waals surface area contributed by atoms with Crippen LogP contribution in [0.5, 0.6) is 0 Å². The number of nitrogens with one attached hydrogen (secondary N) is 1. The van der Waals surface area contributed by atoms with Gasteiger partial charge in [0, 0.05) is 11.8 Å².